The molecule has 1 saturated heterocycles. The summed E-state index contributed by atoms with van der Waals surface area (Å²) in [7, 11) is -4.07. The molecule has 37 heavy (non-hydrogen) atoms. The molecule has 1 aromatic rings. The number of amides is 4. The van der Waals surface area contributed by atoms with Crippen LogP contribution in [0.5, 0.6) is 0 Å². The molecule has 2 rings (SSSR count). The highest BCUT2D eigenvalue weighted by Crippen LogP contribution is 2.52. The lowest BCUT2D eigenvalue weighted by Gasteiger charge is -2.33. The Balaban J connectivity index is 1.93. The lowest BCUT2D eigenvalue weighted by atomic mass is 10.2. The minimum Gasteiger partial charge on any atom is -0.445 e. The first-order chi connectivity index (χ1) is 17.7. The maximum Gasteiger partial charge on any atom is 0.408 e. The Bertz CT molecular complexity index is 947. The van der Waals surface area contributed by atoms with Gasteiger partial charge in [0.1, 0.15) is 12.6 Å². The largest absolute Gasteiger partial charge is 0.445 e. The molecule has 1 fully saturated rings. The van der Waals surface area contributed by atoms with Gasteiger partial charge in [0.25, 0.3) is 5.91 Å². The molecule has 1 aliphatic rings. The number of hydrogen-bond acceptors (Lipinski definition) is 9. The van der Waals surface area contributed by atoms with Gasteiger partial charge in [0.15, 0.2) is 0 Å². The van der Waals surface area contributed by atoms with Crippen molar-refractivity contribution < 1.29 is 42.3 Å². The monoisotopic (exact) mass is 542 g/mol. The first-order valence-electron chi connectivity index (χ1n) is 12.0. The van der Waals surface area contributed by atoms with E-state index in [4.69, 9.17) is 18.5 Å². The number of ether oxygens (including phenoxy) is 2. The Morgan fingerprint density at radius 2 is 1.65 bits per heavy atom. The summed E-state index contributed by atoms with van der Waals surface area (Å²) in [5, 5.41) is 7.12. The van der Waals surface area contributed by atoms with Gasteiger partial charge in [-0.3, -0.25) is 18.9 Å². The summed E-state index contributed by atoms with van der Waals surface area (Å²) in [6.07, 6.45) is -0.804. The van der Waals surface area contributed by atoms with Gasteiger partial charge in [-0.05, 0) is 26.3 Å². The molecule has 1 aromatic carbocycles. The first kappa shape index (κ1) is 30.2. The summed E-state index contributed by atoms with van der Waals surface area (Å²) in [4.78, 5) is 51.5. The molecule has 3 N–H and O–H groups in total. The summed E-state index contributed by atoms with van der Waals surface area (Å²) >= 11 is 0. The van der Waals surface area contributed by atoms with E-state index >= 15 is 0 Å². The zero-order valence-corrected chi connectivity index (χ0v) is 22.2. The quantitative estimate of drug-likeness (QED) is 0.309. The third-order valence-electron chi connectivity index (χ3n) is 5.15. The molecule has 0 bridgehead atoms. The molecule has 0 spiro atoms. The van der Waals surface area contributed by atoms with Crippen molar-refractivity contribution in [1.82, 2.24) is 20.9 Å². The van der Waals surface area contributed by atoms with Crippen molar-refractivity contribution in [2.75, 3.05) is 46.1 Å². The fourth-order valence-electron chi connectivity index (χ4n) is 3.31. The molecule has 0 saturated carbocycles. The Morgan fingerprint density at radius 3 is 2.24 bits per heavy atom. The van der Waals surface area contributed by atoms with Gasteiger partial charge >= 0.3 is 13.7 Å². The van der Waals surface area contributed by atoms with Crippen LogP contribution in [0, 0.1) is 0 Å². The molecular weight excluding hydrogens is 507 g/mol. The Labute approximate surface area is 216 Å². The Hall–Kier alpha value is -2.99. The molecule has 2 atom stereocenters. The number of morpholine rings is 1. The van der Waals surface area contributed by atoms with E-state index in [2.05, 4.69) is 16.0 Å². The van der Waals surface area contributed by atoms with Crippen LogP contribution in [0.2, 0.25) is 0 Å². The number of carbonyl (C=O) groups is 4. The van der Waals surface area contributed by atoms with Crippen LogP contribution in [-0.2, 0) is 44.1 Å². The van der Waals surface area contributed by atoms with E-state index in [1.807, 2.05) is 6.07 Å². The van der Waals surface area contributed by atoms with Crippen LogP contribution in [0.25, 0.3) is 0 Å². The van der Waals surface area contributed by atoms with Crippen molar-refractivity contribution in [3.05, 3.63) is 35.9 Å². The number of alkyl carbamates (subject to hydrolysis) is 1. The predicted molar refractivity (Wildman–Crippen MR) is 132 cm³/mol. The van der Waals surface area contributed by atoms with E-state index in [0.29, 0.717) is 13.2 Å². The van der Waals surface area contributed by atoms with Gasteiger partial charge in [-0.2, -0.15) is 0 Å². The van der Waals surface area contributed by atoms with Crippen molar-refractivity contribution >= 4 is 31.4 Å². The predicted octanol–water partition coefficient (Wildman–Crippen LogP) is 0.985. The second-order valence-corrected chi connectivity index (χ2v) is 10.0. The number of carbonyl (C=O) groups excluding carboxylic acids is 4. The molecule has 1 aliphatic heterocycles. The maximum absolute atomic E-state index is 13.4. The minimum absolute atomic E-state index is 0.0136. The molecule has 2 unspecified atom stereocenters. The zero-order chi connectivity index (χ0) is 27.3. The van der Waals surface area contributed by atoms with Crippen molar-refractivity contribution in [3.8, 4) is 0 Å². The van der Waals surface area contributed by atoms with Crippen LogP contribution in [0.15, 0.2) is 30.3 Å². The van der Waals surface area contributed by atoms with E-state index in [1.165, 1.54) is 11.8 Å². The number of nitrogens with one attached hydrogen (secondary N) is 3. The van der Waals surface area contributed by atoms with Crippen LogP contribution in [-0.4, -0.2) is 86.6 Å². The van der Waals surface area contributed by atoms with Crippen molar-refractivity contribution in [2.24, 2.45) is 0 Å². The van der Waals surface area contributed by atoms with E-state index < -0.39 is 49.8 Å². The van der Waals surface area contributed by atoms with Gasteiger partial charge in [0.2, 0.25) is 17.6 Å². The highest BCUT2D eigenvalue weighted by molar-refractivity contribution is 7.55. The highest BCUT2D eigenvalue weighted by Gasteiger charge is 2.44. The third kappa shape index (κ3) is 9.77. The fourth-order valence-corrected chi connectivity index (χ4v) is 5.14. The van der Waals surface area contributed by atoms with Gasteiger partial charge in [-0.1, -0.05) is 30.3 Å². The molecule has 0 radical (unpaired) electrons. The number of rotatable bonds is 13. The summed E-state index contributed by atoms with van der Waals surface area (Å²) in [6, 6.07) is 8.00. The lowest BCUT2D eigenvalue weighted by Crippen LogP contribution is -2.54. The van der Waals surface area contributed by atoms with Crippen LogP contribution >= 0.6 is 7.60 Å². The topological polar surface area (TPSA) is 162 Å². The van der Waals surface area contributed by atoms with Crippen LogP contribution in [0.1, 0.15) is 26.3 Å². The summed E-state index contributed by atoms with van der Waals surface area (Å²) in [5.41, 5.74) is 0.781. The SMILES string of the molecule is CCOP(=O)(OCC)C(NC(=O)CNC(=O)C(C)NC(=O)OCc1ccccc1)C(=O)N1CCOCC1. The lowest BCUT2D eigenvalue weighted by molar-refractivity contribution is -0.138. The molecule has 14 heteroatoms. The molecule has 4 amide bonds. The van der Waals surface area contributed by atoms with Gasteiger partial charge in [0.05, 0.1) is 33.0 Å². The molecular formula is C23H35N4O9P. The standard InChI is InChI=1S/C23H35N4O9P/c1-4-35-37(32,36-5-2)21(22(30)27-11-13-33-14-12-27)26-19(28)15-24-20(29)17(3)25-23(31)34-16-18-9-7-6-8-10-18/h6-10,17,21H,4-5,11-16H2,1-3H3,(H,24,29)(H,25,31)(H,26,28). The number of nitrogens with zero attached hydrogens (tertiary/aromatic N) is 1. The van der Waals surface area contributed by atoms with Crippen LogP contribution < -0.4 is 16.0 Å². The first-order valence-corrected chi connectivity index (χ1v) is 13.6. The van der Waals surface area contributed by atoms with Gasteiger partial charge in [-0.15, -0.1) is 0 Å². The van der Waals surface area contributed by atoms with Gasteiger partial charge in [0, 0.05) is 13.1 Å². The van der Waals surface area contributed by atoms with Crippen molar-refractivity contribution in [2.45, 2.75) is 39.2 Å². The maximum atomic E-state index is 13.4. The molecule has 0 aromatic heterocycles. The van der Waals surface area contributed by atoms with Crippen molar-refractivity contribution in [3.63, 3.8) is 0 Å². The van der Waals surface area contributed by atoms with E-state index in [-0.39, 0.29) is 32.9 Å². The minimum atomic E-state index is -4.07. The van der Waals surface area contributed by atoms with Crippen molar-refractivity contribution in [1.29, 1.82) is 0 Å². The van der Waals surface area contributed by atoms with E-state index in [1.54, 1.807) is 38.1 Å². The van der Waals surface area contributed by atoms with Gasteiger partial charge in [-0.25, -0.2) is 4.79 Å². The van der Waals surface area contributed by atoms with Crippen LogP contribution in [0.3, 0.4) is 0 Å². The smallest absolute Gasteiger partial charge is 0.408 e. The number of benzene rings is 1. The summed E-state index contributed by atoms with van der Waals surface area (Å²) in [6.45, 7) is 5.15. The van der Waals surface area contributed by atoms with Gasteiger partial charge < -0.3 is 39.4 Å². The molecule has 0 aliphatic carbocycles. The van der Waals surface area contributed by atoms with E-state index in [0.717, 1.165) is 5.56 Å². The molecule has 13 nitrogen and oxygen atoms in total. The summed E-state index contributed by atoms with van der Waals surface area (Å²) < 4.78 is 34.3. The average molecular weight is 543 g/mol. The second kappa shape index (κ2) is 15.3. The van der Waals surface area contributed by atoms with E-state index in [9.17, 15) is 23.7 Å². The number of hydrogen-bond donors (Lipinski definition) is 3. The second-order valence-electron chi connectivity index (χ2n) is 7.93. The fraction of sp³-hybridized carbons (Fsp3) is 0.565. The average Bonchev–Trinajstić information content (AvgIpc) is 2.90. The highest BCUT2D eigenvalue weighted by atomic mass is 31.2. The summed E-state index contributed by atoms with van der Waals surface area (Å²) in [5.74, 6) is -3.69. The Morgan fingerprint density at radius 1 is 1.03 bits per heavy atom. The Kier molecular flexibility index (Phi) is 12.5. The normalized spacial score (nSPS) is 15.3. The molecule has 1 heterocycles. The zero-order valence-electron chi connectivity index (χ0n) is 21.3. The molecule has 206 valence electrons. The third-order valence-corrected chi connectivity index (χ3v) is 7.37. The van der Waals surface area contributed by atoms with Crippen LogP contribution in [0.4, 0.5) is 4.79 Å².